The summed E-state index contributed by atoms with van der Waals surface area (Å²) >= 11 is 2.25. The Morgan fingerprint density at radius 1 is 1.54 bits per heavy atom. The number of benzene rings is 1. The summed E-state index contributed by atoms with van der Waals surface area (Å²) in [4.78, 5) is 14.9. The zero-order valence-electron chi connectivity index (χ0n) is 14.1. The number of nitrogens with one attached hydrogen (secondary N) is 2. The number of halogens is 2. The highest BCUT2D eigenvalue weighted by Crippen LogP contribution is 2.36. The first-order valence-electron chi connectivity index (χ1n) is 8.24. The molecule has 1 aliphatic carbocycles. The molecule has 138 valence electrons. The fourth-order valence-electron chi connectivity index (χ4n) is 3.26. The average Bonchev–Trinajstić information content (AvgIpc) is 3.10. The first-order chi connectivity index (χ1) is 12.4. The van der Waals surface area contributed by atoms with Crippen LogP contribution < -0.4 is 16.8 Å². The van der Waals surface area contributed by atoms with Gasteiger partial charge in [-0.05, 0) is 58.2 Å². The summed E-state index contributed by atoms with van der Waals surface area (Å²) in [5, 5.41) is 10.2. The topological polar surface area (TPSA) is 123 Å². The Bertz CT molecular complexity index is 865. The van der Waals surface area contributed by atoms with Crippen molar-refractivity contribution in [2.45, 2.75) is 32.0 Å². The number of hydrogen-bond acceptors (Lipinski definition) is 4. The molecule has 0 saturated heterocycles. The lowest BCUT2D eigenvalue weighted by molar-refractivity contribution is -0.109. The summed E-state index contributed by atoms with van der Waals surface area (Å²) in [5.41, 5.74) is 14.7. The molecular formula is C17H20FIN6O. The molecule has 6 N–H and O–H groups in total. The van der Waals surface area contributed by atoms with Crippen LogP contribution in [0.3, 0.4) is 0 Å². The standard InChI is InChI=1S/C17H20FIN6O/c18-12-2-1-9-6-13(19)10(5-11(9)12)7-14-24-15(16(20)21)17(22)25(14)4-3-23-8-26/h5-6,8,12H,1-4,7,22H2,(H3,20,21)(H,23,26). The molecule has 0 spiro atoms. The number of carbonyl (C=O) groups is 1. The highest BCUT2D eigenvalue weighted by molar-refractivity contribution is 14.1. The van der Waals surface area contributed by atoms with Gasteiger partial charge in [0.15, 0.2) is 0 Å². The minimum Gasteiger partial charge on any atom is -0.383 e. The minimum atomic E-state index is -0.921. The van der Waals surface area contributed by atoms with Gasteiger partial charge in [-0.3, -0.25) is 10.2 Å². The number of fused-ring (bicyclic) bond motifs is 1. The fraction of sp³-hybridized carbons (Fsp3) is 0.353. The molecule has 9 heteroatoms. The number of hydrogen-bond donors (Lipinski definition) is 4. The van der Waals surface area contributed by atoms with Gasteiger partial charge in [0.05, 0.1) is 0 Å². The Morgan fingerprint density at radius 2 is 2.31 bits per heavy atom. The summed E-state index contributed by atoms with van der Waals surface area (Å²) in [5.74, 6) is 0.713. The van der Waals surface area contributed by atoms with Crippen LogP contribution in [0.25, 0.3) is 0 Å². The van der Waals surface area contributed by atoms with Crippen molar-refractivity contribution in [1.29, 1.82) is 5.41 Å². The van der Waals surface area contributed by atoms with Crippen molar-refractivity contribution in [3.63, 3.8) is 0 Å². The third-order valence-corrected chi connectivity index (χ3v) is 5.57. The third kappa shape index (κ3) is 3.53. The predicted octanol–water partition coefficient (Wildman–Crippen LogP) is 1.65. The van der Waals surface area contributed by atoms with Crippen LogP contribution >= 0.6 is 22.6 Å². The Hall–Kier alpha value is -2.17. The minimum absolute atomic E-state index is 0.210. The molecule has 7 nitrogen and oxygen atoms in total. The van der Waals surface area contributed by atoms with E-state index in [0.29, 0.717) is 44.0 Å². The van der Waals surface area contributed by atoms with Gasteiger partial charge in [-0.1, -0.05) is 6.07 Å². The van der Waals surface area contributed by atoms with Crippen LogP contribution in [0.15, 0.2) is 12.1 Å². The largest absolute Gasteiger partial charge is 0.383 e. The number of rotatable bonds is 7. The lowest BCUT2D eigenvalue weighted by Gasteiger charge is -2.12. The van der Waals surface area contributed by atoms with E-state index >= 15 is 0 Å². The van der Waals surface area contributed by atoms with E-state index in [9.17, 15) is 9.18 Å². The maximum atomic E-state index is 14.1. The van der Waals surface area contributed by atoms with E-state index in [1.165, 1.54) is 0 Å². The Balaban J connectivity index is 1.96. The molecule has 1 aromatic heterocycles. The van der Waals surface area contributed by atoms with Crippen molar-refractivity contribution in [1.82, 2.24) is 14.9 Å². The number of carbonyl (C=O) groups excluding carboxylic acids is 1. The molecule has 26 heavy (non-hydrogen) atoms. The van der Waals surface area contributed by atoms with Crippen LogP contribution in [-0.2, 0) is 24.2 Å². The monoisotopic (exact) mass is 470 g/mol. The summed E-state index contributed by atoms with van der Waals surface area (Å²) in [6, 6.07) is 3.93. The zero-order chi connectivity index (χ0) is 18.8. The van der Waals surface area contributed by atoms with Crippen molar-refractivity contribution < 1.29 is 9.18 Å². The summed E-state index contributed by atoms with van der Waals surface area (Å²) in [6.07, 6.45) is 1.43. The number of amidine groups is 1. The number of nitrogen functional groups attached to an aromatic ring is 2. The van der Waals surface area contributed by atoms with Gasteiger partial charge in [0, 0.05) is 23.1 Å². The van der Waals surface area contributed by atoms with Crippen LogP contribution in [0, 0.1) is 8.98 Å². The van der Waals surface area contributed by atoms with E-state index in [1.54, 1.807) is 4.57 Å². The smallest absolute Gasteiger partial charge is 0.207 e. The van der Waals surface area contributed by atoms with E-state index < -0.39 is 6.17 Å². The lowest BCUT2D eigenvalue weighted by Crippen LogP contribution is -2.21. The van der Waals surface area contributed by atoms with Gasteiger partial charge in [-0.2, -0.15) is 0 Å². The van der Waals surface area contributed by atoms with Crippen LogP contribution in [0.1, 0.15) is 40.8 Å². The van der Waals surface area contributed by atoms with Crippen LogP contribution in [0.2, 0.25) is 0 Å². The fourth-order valence-corrected chi connectivity index (χ4v) is 3.98. The van der Waals surface area contributed by atoms with Crippen molar-refractivity contribution in [2.75, 3.05) is 12.3 Å². The number of aromatic nitrogens is 2. The van der Waals surface area contributed by atoms with Gasteiger partial charge in [-0.25, -0.2) is 9.37 Å². The molecule has 2 aromatic rings. The van der Waals surface area contributed by atoms with E-state index in [0.717, 1.165) is 26.7 Å². The van der Waals surface area contributed by atoms with Crippen LogP contribution in [0.4, 0.5) is 10.2 Å². The highest BCUT2D eigenvalue weighted by Gasteiger charge is 2.24. The molecule has 1 atom stereocenters. The van der Waals surface area contributed by atoms with Crippen LogP contribution in [0.5, 0.6) is 0 Å². The molecule has 1 aliphatic rings. The van der Waals surface area contributed by atoms with Gasteiger partial charge in [0.2, 0.25) is 6.41 Å². The Labute approximate surface area is 164 Å². The normalized spacial score (nSPS) is 15.7. The number of alkyl halides is 1. The molecule has 1 heterocycles. The summed E-state index contributed by atoms with van der Waals surface area (Å²) in [7, 11) is 0. The SMILES string of the molecule is N=C(N)c1nc(Cc2cc3c(cc2I)CCC3F)n(CCNC=O)c1N. The van der Waals surface area contributed by atoms with Gasteiger partial charge in [-0.15, -0.1) is 0 Å². The van der Waals surface area contributed by atoms with E-state index in [1.807, 2.05) is 12.1 Å². The lowest BCUT2D eigenvalue weighted by atomic mass is 10.0. The van der Waals surface area contributed by atoms with Crippen molar-refractivity contribution in [3.05, 3.63) is 43.9 Å². The summed E-state index contributed by atoms with van der Waals surface area (Å²) < 4.78 is 16.9. The number of anilines is 1. The third-order valence-electron chi connectivity index (χ3n) is 4.57. The number of imidazole rings is 1. The molecule has 0 saturated carbocycles. The molecule has 0 bridgehead atoms. The van der Waals surface area contributed by atoms with Crippen molar-refractivity contribution in [2.24, 2.45) is 5.73 Å². The molecule has 0 aliphatic heterocycles. The molecule has 1 aromatic carbocycles. The van der Waals surface area contributed by atoms with E-state index in [-0.39, 0.29) is 11.5 Å². The molecule has 1 amide bonds. The first kappa shape index (κ1) is 18.6. The number of nitrogens with zero attached hydrogens (tertiary/aromatic N) is 2. The van der Waals surface area contributed by atoms with Gasteiger partial charge >= 0.3 is 0 Å². The zero-order valence-corrected chi connectivity index (χ0v) is 16.2. The predicted molar refractivity (Wildman–Crippen MR) is 106 cm³/mol. The van der Waals surface area contributed by atoms with E-state index in [4.69, 9.17) is 16.9 Å². The number of amides is 1. The van der Waals surface area contributed by atoms with Gasteiger partial charge < -0.3 is 21.4 Å². The Morgan fingerprint density at radius 3 is 3.00 bits per heavy atom. The second-order valence-corrected chi connectivity index (χ2v) is 7.39. The van der Waals surface area contributed by atoms with Crippen LogP contribution in [-0.4, -0.2) is 28.3 Å². The maximum Gasteiger partial charge on any atom is 0.207 e. The van der Waals surface area contributed by atoms with E-state index in [2.05, 4.69) is 32.9 Å². The number of nitrogens with two attached hydrogens (primary N) is 2. The first-order valence-corrected chi connectivity index (χ1v) is 9.31. The molecule has 3 rings (SSSR count). The molecular weight excluding hydrogens is 450 g/mol. The van der Waals surface area contributed by atoms with Gasteiger partial charge in [0.25, 0.3) is 0 Å². The maximum absolute atomic E-state index is 14.1. The number of aryl methyl sites for hydroxylation is 1. The molecule has 0 radical (unpaired) electrons. The highest BCUT2D eigenvalue weighted by atomic mass is 127. The second kappa shape index (κ2) is 7.60. The summed E-state index contributed by atoms with van der Waals surface area (Å²) in [6.45, 7) is 0.787. The van der Waals surface area contributed by atoms with Crippen molar-refractivity contribution in [3.8, 4) is 0 Å². The quantitative estimate of drug-likeness (QED) is 0.162. The molecule has 0 fully saturated rings. The Kier molecular flexibility index (Phi) is 5.44. The van der Waals surface area contributed by atoms with Crippen molar-refractivity contribution >= 4 is 40.7 Å². The van der Waals surface area contributed by atoms with Gasteiger partial charge in [0.1, 0.15) is 29.3 Å². The molecule has 1 unspecified atom stereocenters. The average molecular weight is 470 g/mol. The second-order valence-electron chi connectivity index (χ2n) is 6.22.